The van der Waals surface area contributed by atoms with Crippen LogP contribution in [-0.4, -0.2) is 47.3 Å². The molecular formula is C16H19ClFN3O3. The largest absolute Gasteiger partial charge is 0.465 e. The fraction of sp³-hybridized carbons (Fsp3) is 0.500. The van der Waals surface area contributed by atoms with E-state index in [1.807, 2.05) is 4.90 Å². The lowest BCUT2D eigenvalue weighted by molar-refractivity contribution is 0.162. The molecule has 1 aliphatic carbocycles. The first kappa shape index (κ1) is 16.8. The van der Waals surface area contributed by atoms with E-state index in [1.54, 1.807) is 11.0 Å². The molecule has 2 N–H and O–H groups in total. The van der Waals surface area contributed by atoms with Crippen LogP contribution in [0.3, 0.4) is 0 Å². The minimum Gasteiger partial charge on any atom is -0.465 e. The van der Waals surface area contributed by atoms with Gasteiger partial charge in [-0.1, -0.05) is 11.6 Å². The number of nitrogens with zero attached hydrogens (tertiary/aromatic N) is 2. The Hall–Kier alpha value is -2.02. The highest BCUT2D eigenvalue weighted by Gasteiger charge is 2.36. The lowest BCUT2D eigenvalue weighted by Crippen LogP contribution is -2.45. The maximum Gasteiger partial charge on any atom is 0.404 e. The molecule has 0 aromatic heterocycles. The molecule has 1 aromatic carbocycles. The summed E-state index contributed by atoms with van der Waals surface area (Å²) < 4.78 is 13.6. The van der Waals surface area contributed by atoms with E-state index in [1.165, 1.54) is 12.1 Å². The Kier molecular flexibility index (Phi) is 4.80. The van der Waals surface area contributed by atoms with Gasteiger partial charge in [0.2, 0.25) is 0 Å². The van der Waals surface area contributed by atoms with Gasteiger partial charge in [0.25, 0.3) is 0 Å². The molecular weight excluding hydrogens is 337 g/mol. The summed E-state index contributed by atoms with van der Waals surface area (Å²) in [5.74, 6) is -0.541. The van der Waals surface area contributed by atoms with Crippen molar-refractivity contribution in [1.82, 2.24) is 10.2 Å². The van der Waals surface area contributed by atoms with Gasteiger partial charge in [-0.3, -0.25) is 4.90 Å². The maximum atomic E-state index is 13.6. The van der Waals surface area contributed by atoms with Crippen LogP contribution < -0.4 is 10.2 Å². The molecule has 1 heterocycles. The zero-order valence-electron chi connectivity index (χ0n) is 13.0. The van der Waals surface area contributed by atoms with Gasteiger partial charge in [-0.25, -0.2) is 14.0 Å². The van der Waals surface area contributed by atoms with Crippen LogP contribution in [0.5, 0.6) is 0 Å². The van der Waals surface area contributed by atoms with E-state index in [4.69, 9.17) is 16.7 Å². The summed E-state index contributed by atoms with van der Waals surface area (Å²) in [6, 6.07) is 4.29. The van der Waals surface area contributed by atoms with Crippen molar-refractivity contribution < 1.29 is 19.1 Å². The van der Waals surface area contributed by atoms with Crippen LogP contribution in [0.4, 0.5) is 19.7 Å². The van der Waals surface area contributed by atoms with Gasteiger partial charge in [0.05, 0.1) is 5.02 Å². The number of anilines is 1. The second-order valence-corrected chi connectivity index (χ2v) is 6.59. The van der Waals surface area contributed by atoms with Gasteiger partial charge in [-0.2, -0.15) is 0 Å². The first-order valence-corrected chi connectivity index (χ1v) is 8.36. The van der Waals surface area contributed by atoms with Crippen LogP contribution in [0.2, 0.25) is 5.02 Å². The van der Waals surface area contributed by atoms with Crippen molar-refractivity contribution in [3.05, 3.63) is 29.0 Å². The summed E-state index contributed by atoms with van der Waals surface area (Å²) in [5.41, 5.74) is 0.505. The summed E-state index contributed by atoms with van der Waals surface area (Å²) in [6.45, 7) is 1.10. The molecule has 0 unspecified atom stereocenters. The summed E-state index contributed by atoms with van der Waals surface area (Å²) in [7, 11) is 0. The monoisotopic (exact) mass is 355 g/mol. The number of hydrogen-bond acceptors (Lipinski definition) is 2. The number of amides is 3. The van der Waals surface area contributed by atoms with Gasteiger partial charge in [0.1, 0.15) is 5.82 Å². The Labute approximate surface area is 144 Å². The normalized spacial score (nSPS) is 24.3. The number of nitrogens with one attached hydrogen (secondary N) is 1. The molecule has 8 heteroatoms. The Balaban J connectivity index is 1.62. The SMILES string of the molecule is O=C(O)N[C@H]1CC[C@H](N2CCN(c3ccc(Cl)c(F)c3)C2=O)CC1. The fourth-order valence-corrected chi connectivity index (χ4v) is 3.61. The fourth-order valence-electron chi connectivity index (χ4n) is 3.49. The van der Waals surface area contributed by atoms with Crippen molar-refractivity contribution in [1.29, 1.82) is 0 Å². The number of halogens is 2. The first-order valence-electron chi connectivity index (χ1n) is 7.98. The minimum absolute atomic E-state index is 0.0338. The average Bonchev–Trinajstić information content (AvgIpc) is 2.92. The third-order valence-electron chi connectivity index (χ3n) is 4.72. The average molecular weight is 356 g/mol. The van der Waals surface area contributed by atoms with Crippen LogP contribution in [0.15, 0.2) is 18.2 Å². The smallest absolute Gasteiger partial charge is 0.404 e. The molecule has 3 rings (SSSR count). The second kappa shape index (κ2) is 6.84. The third kappa shape index (κ3) is 3.40. The van der Waals surface area contributed by atoms with E-state index in [0.29, 0.717) is 18.8 Å². The van der Waals surface area contributed by atoms with E-state index < -0.39 is 11.9 Å². The van der Waals surface area contributed by atoms with E-state index >= 15 is 0 Å². The van der Waals surface area contributed by atoms with Crippen molar-refractivity contribution in [3.63, 3.8) is 0 Å². The zero-order chi connectivity index (χ0) is 17.3. The predicted octanol–water partition coefficient (Wildman–Crippen LogP) is 3.30. The summed E-state index contributed by atoms with van der Waals surface area (Å²) in [6.07, 6.45) is 1.96. The van der Waals surface area contributed by atoms with Crippen LogP contribution in [0, 0.1) is 5.82 Å². The molecule has 2 aliphatic rings. The number of hydrogen-bond donors (Lipinski definition) is 2. The summed E-state index contributed by atoms with van der Waals surface area (Å²) in [5, 5.41) is 11.3. The predicted molar refractivity (Wildman–Crippen MR) is 88.1 cm³/mol. The molecule has 1 saturated carbocycles. The third-order valence-corrected chi connectivity index (χ3v) is 5.03. The van der Waals surface area contributed by atoms with Crippen molar-refractivity contribution in [2.75, 3.05) is 18.0 Å². The van der Waals surface area contributed by atoms with Gasteiger partial charge in [0, 0.05) is 30.9 Å². The number of carbonyl (C=O) groups excluding carboxylic acids is 1. The van der Waals surface area contributed by atoms with Crippen LogP contribution >= 0.6 is 11.6 Å². The molecule has 6 nitrogen and oxygen atoms in total. The molecule has 0 spiro atoms. The number of urea groups is 1. The highest BCUT2D eigenvalue weighted by atomic mass is 35.5. The molecule has 1 aromatic rings. The van der Waals surface area contributed by atoms with Gasteiger partial charge < -0.3 is 15.3 Å². The van der Waals surface area contributed by atoms with Crippen molar-refractivity contribution in [3.8, 4) is 0 Å². The second-order valence-electron chi connectivity index (χ2n) is 6.18. The Morgan fingerprint density at radius 1 is 1.25 bits per heavy atom. The van der Waals surface area contributed by atoms with E-state index in [0.717, 1.165) is 25.7 Å². The van der Waals surface area contributed by atoms with Crippen LogP contribution in [0.1, 0.15) is 25.7 Å². The quantitative estimate of drug-likeness (QED) is 0.873. The van der Waals surface area contributed by atoms with Crippen LogP contribution in [-0.2, 0) is 0 Å². The van der Waals surface area contributed by atoms with Gasteiger partial charge >= 0.3 is 12.1 Å². The number of carbonyl (C=O) groups is 2. The molecule has 0 radical (unpaired) electrons. The molecule has 130 valence electrons. The molecule has 0 bridgehead atoms. The molecule has 1 aliphatic heterocycles. The Morgan fingerprint density at radius 3 is 2.58 bits per heavy atom. The first-order chi connectivity index (χ1) is 11.5. The van der Waals surface area contributed by atoms with Crippen molar-refractivity contribution >= 4 is 29.4 Å². The summed E-state index contributed by atoms with van der Waals surface area (Å²) >= 11 is 5.69. The van der Waals surface area contributed by atoms with E-state index in [2.05, 4.69) is 5.32 Å². The highest BCUT2D eigenvalue weighted by Crippen LogP contribution is 2.30. The highest BCUT2D eigenvalue weighted by molar-refractivity contribution is 6.30. The van der Waals surface area contributed by atoms with Gasteiger partial charge in [0.15, 0.2) is 0 Å². The number of benzene rings is 1. The molecule has 1 saturated heterocycles. The molecule has 0 atom stereocenters. The summed E-state index contributed by atoms with van der Waals surface area (Å²) in [4.78, 5) is 26.7. The zero-order valence-corrected chi connectivity index (χ0v) is 13.8. The molecule has 24 heavy (non-hydrogen) atoms. The van der Waals surface area contributed by atoms with Crippen molar-refractivity contribution in [2.45, 2.75) is 37.8 Å². The lowest BCUT2D eigenvalue weighted by atomic mass is 9.90. The maximum absolute atomic E-state index is 13.6. The standard InChI is InChI=1S/C16H19ClFN3O3/c17-13-6-5-12(9-14(13)18)21-8-7-20(16(21)24)11-3-1-10(2-4-11)19-15(22)23/h5-6,9-11,19H,1-4,7-8H2,(H,22,23)/t10-,11-. The number of rotatable bonds is 3. The Morgan fingerprint density at radius 2 is 1.96 bits per heavy atom. The number of carboxylic acid groups (broad SMARTS) is 1. The Bertz CT molecular complexity index is 649. The van der Waals surface area contributed by atoms with Crippen molar-refractivity contribution in [2.24, 2.45) is 0 Å². The molecule has 2 fully saturated rings. The van der Waals surface area contributed by atoms with Gasteiger partial charge in [-0.05, 0) is 43.9 Å². The van der Waals surface area contributed by atoms with E-state index in [-0.39, 0.29) is 23.1 Å². The molecule has 3 amide bonds. The topological polar surface area (TPSA) is 72.9 Å². The van der Waals surface area contributed by atoms with Crippen LogP contribution in [0.25, 0.3) is 0 Å². The van der Waals surface area contributed by atoms with Gasteiger partial charge in [-0.15, -0.1) is 0 Å². The van der Waals surface area contributed by atoms with E-state index in [9.17, 15) is 14.0 Å². The lowest BCUT2D eigenvalue weighted by Gasteiger charge is -2.34. The minimum atomic E-state index is -1.01.